The Kier molecular flexibility index (Phi) is 5.60. The van der Waals surface area contributed by atoms with E-state index >= 15 is 0 Å². The highest BCUT2D eigenvalue weighted by Gasteiger charge is 2.28. The molecule has 1 saturated carbocycles. The van der Waals surface area contributed by atoms with Gasteiger partial charge in [0.1, 0.15) is 12.4 Å². The highest BCUT2D eigenvalue weighted by atomic mass is 79.9. The summed E-state index contributed by atoms with van der Waals surface area (Å²) in [5.74, 6) is 0.910. The molecule has 1 aromatic carbocycles. The summed E-state index contributed by atoms with van der Waals surface area (Å²) in [5.41, 5.74) is 5.56. The number of benzene rings is 1. The fourth-order valence-corrected chi connectivity index (χ4v) is 2.34. The molecule has 0 bridgehead atoms. The minimum Gasteiger partial charge on any atom is -0.492 e. The van der Waals surface area contributed by atoms with Gasteiger partial charge in [-0.05, 0) is 37.1 Å². The lowest BCUT2D eigenvalue weighted by atomic mass is 10.3. The van der Waals surface area contributed by atoms with Gasteiger partial charge in [0, 0.05) is 30.0 Å². The number of rotatable bonds is 8. The Bertz CT molecular complexity index is 420. The van der Waals surface area contributed by atoms with Crippen LogP contribution in [0, 0.1) is 0 Å². The maximum atomic E-state index is 5.75. The van der Waals surface area contributed by atoms with E-state index in [-0.39, 0.29) is 0 Å². The predicted octanol–water partition coefficient (Wildman–Crippen LogP) is 2.97. The van der Waals surface area contributed by atoms with Crippen LogP contribution in [0.15, 0.2) is 28.7 Å². The summed E-state index contributed by atoms with van der Waals surface area (Å²) in [6.45, 7) is 2.59. The lowest BCUT2D eigenvalue weighted by molar-refractivity contribution is 0.205. The summed E-state index contributed by atoms with van der Waals surface area (Å²) in [7, 11) is 0. The van der Waals surface area contributed by atoms with E-state index in [1.165, 1.54) is 12.8 Å². The first-order chi connectivity index (χ1) is 9.15. The third-order valence-electron chi connectivity index (χ3n) is 3.17. The van der Waals surface area contributed by atoms with E-state index in [4.69, 9.17) is 22.7 Å². The Hall–Kier alpha value is -0.650. The number of ether oxygens (including phenoxy) is 1. The molecule has 0 atom stereocenters. The first-order valence-corrected chi connectivity index (χ1v) is 7.76. The maximum Gasteiger partial charge on any atom is 0.119 e. The number of halogens is 1. The van der Waals surface area contributed by atoms with E-state index in [2.05, 4.69) is 20.8 Å². The molecule has 1 aliphatic rings. The molecule has 19 heavy (non-hydrogen) atoms. The Morgan fingerprint density at radius 1 is 1.32 bits per heavy atom. The zero-order valence-corrected chi connectivity index (χ0v) is 13.3. The average molecular weight is 343 g/mol. The van der Waals surface area contributed by atoms with Crippen LogP contribution in [0.1, 0.15) is 19.3 Å². The zero-order chi connectivity index (χ0) is 13.7. The third kappa shape index (κ3) is 5.47. The summed E-state index contributed by atoms with van der Waals surface area (Å²) in [4.78, 5) is 3.03. The maximum absolute atomic E-state index is 5.75. The van der Waals surface area contributed by atoms with Gasteiger partial charge >= 0.3 is 0 Å². The fourth-order valence-electron chi connectivity index (χ4n) is 1.98. The van der Waals surface area contributed by atoms with Crippen LogP contribution in [0.25, 0.3) is 0 Å². The van der Waals surface area contributed by atoms with Gasteiger partial charge in [-0.25, -0.2) is 0 Å². The molecule has 0 radical (unpaired) electrons. The van der Waals surface area contributed by atoms with Crippen molar-refractivity contribution in [3.05, 3.63) is 28.7 Å². The van der Waals surface area contributed by atoms with Gasteiger partial charge in [0.15, 0.2) is 0 Å². The van der Waals surface area contributed by atoms with Gasteiger partial charge in [0.05, 0.1) is 4.99 Å². The topological polar surface area (TPSA) is 38.5 Å². The molecule has 1 aromatic rings. The van der Waals surface area contributed by atoms with E-state index < -0.39 is 0 Å². The third-order valence-corrected chi connectivity index (χ3v) is 3.90. The van der Waals surface area contributed by atoms with Gasteiger partial charge < -0.3 is 10.5 Å². The van der Waals surface area contributed by atoms with Gasteiger partial charge in [-0.15, -0.1) is 0 Å². The smallest absolute Gasteiger partial charge is 0.119 e. The highest BCUT2D eigenvalue weighted by Crippen LogP contribution is 2.26. The number of thiocarbonyl (C=S) groups is 1. The van der Waals surface area contributed by atoms with E-state index in [0.717, 1.165) is 29.7 Å². The molecule has 0 aromatic heterocycles. The van der Waals surface area contributed by atoms with Crippen molar-refractivity contribution in [1.82, 2.24) is 4.90 Å². The van der Waals surface area contributed by atoms with Crippen molar-refractivity contribution in [1.29, 1.82) is 0 Å². The van der Waals surface area contributed by atoms with Gasteiger partial charge in [-0.1, -0.05) is 28.1 Å². The molecule has 3 nitrogen and oxygen atoms in total. The highest BCUT2D eigenvalue weighted by molar-refractivity contribution is 9.10. The van der Waals surface area contributed by atoms with Crippen molar-refractivity contribution >= 4 is 33.1 Å². The van der Waals surface area contributed by atoms with Crippen molar-refractivity contribution in [2.45, 2.75) is 25.3 Å². The van der Waals surface area contributed by atoms with E-state index in [9.17, 15) is 0 Å². The SMILES string of the molecule is NC(=S)CCN(CCOc1ccc(Br)cc1)C1CC1. The van der Waals surface area contributed by atoms with Gasteiger partial charge in [0.25, 0.3) is 0 Å². The second-order valence-corrected chi connectivity index (χ2v) is 6.23. The number of nitrogens with zero attached hydrogens (tertiary/aromatic N) is 1. The van der Waals surface area contributed by atoms with Crippen LogP contribution < -0.4 is 10.5 Å². The van der Waals surface area contributed by atoms with E-state index in [1.54, 1.807) is 0 Å². The quantitative estimate of drug-likeness (QED) is 0.737. The first kappa shape index (κ1) is 14.8. The molecule has 0 spiro atoms. The first-order valence-electron chi connectivity index (χ1n) is 6.56. The Balaban J connectivity index is 1.72. The zero-order valence-electron chi connectivity index (χ0n) is 10.8. The van der Waals surface area contributed by atoms with Crippen LogP contribution in [-0.4, -0.2) is 35.6 Å². The Morgan fingerprint density at radius 2 is 2.00 bits per heavy atom. The molecule has 0 unspecified atom stereocenters. The average Bonchev–Trinajstić information content (AvgIpc) is 3.20. The fraction of sp³-hybridized carbons (Fsp3) is 0.500. The molecule has 2 rings (SSSR count). The van der Waals surface area contributed by atoms with Crippen LogP contribution in [0.5, 0.6) is 5.75 Å². The molecular weight excluding hydrogens is 324 g/mol. The van der Waals surface area contributed by atoms with Crippen molar-refractivity contribution in [2.75, 3.05) is 19.7 Å². The van der Waals surface area contributed by atoms with E-state index in [1.807, 2.05) is 24.3 Å². The second kappa shape index (κ2) is 7.22. The van der Waals surface area contributed by atoms with Crippen LogP contribution >= 0.6 is 28.1 Å². The summed E-state index contributed by atoms with van der Waals surface area (Å²) in [6, 6.07) is 8.63. The lowest BCUT2D eigenvalue weighted by Crippen LogP contribution is -2.33. The molecular formula is C14H19BrN2OS. The standard InChI is InChI=1S/C14H19BrN2OS/c15-11-1-5-13(6-2-11)18-10-9-17(12-3-4-12)8-7-14(16)19/h1-2,5-6,12H,3-4,7-10H2,(H2,16,19). The van der Waals surface area contributed by atoms with Gasteiger partial charge in [-0.3, -0.25) is 4.90 Å². The van der Waals surface area contributed by atoms with Crippen molar-refractivity contribution in [3.8, 4) is 5.75 Å². The Labute approximate surface area is 128 Å². The lowest BCUT2D eigenvalue weighted by Gasteiger charge is -2.21. The normalized spacial score (nSPS) is 14.6. The van der Waals surface area contributed by atoms with Gasteiger partial charge in [-0.2, -0.15) is 0 Å². The molecule has 0 amide bonds. The van der Waals surface area contributed by atoms with Crippen LogP contribution in [-0.2, 0) is 0 Å². The second-order valence-electron chi connectivity index (χ2n) is 4.79. The molecule has 0 heterocycles. The minimum absolute atomic E-state index is 0.597. The Morgan fingerprint density at radius 3 is 2.58 bits per heavy atom. The van der Waals surface area contributed by atoms with E-state index in [0.29, 0.717) is 17.6 Å². The summed E-state index contributed by atoms with van der Waals surface area (Å²) >= 11 is 8.35. The summed E-state index contributed by atoms with van der Waals surface area (Å²) in [6.07, 6.45) is 3.37. The van der Waals surface area contributed by atoms with Crippen molar-refractivity contribution < 1.29 is 4.74 Å². The number of hydrogen-bond acceptors (Lipinski definition) is 3. The molecule has 1 fully saturated rings. The van der Waals surface area contributed by atoms with Crippen molar-refractivity contribution in [3.63, 3.8) is 0 Å². The monoisotopic (exact) mass is 342 g/mol. The van der Waals surface area contributed by atoms with Crippen LogP contribution in [0.2, 0.25) is 0 Å². The molecule has 0 aliphatic heterocycles. The van der Waals surface area contributed by atoms with Crippen molar-refractivity contribution in [2.24, 2.45) is 5.73 Å². The minimum atomic E-state index is 0.597. The van der Waals surface area contributed by atoms with Gasteiger partial charge in [0.2, 0.25) is 0 Å². The molecule has 2 N–H and O–H groups in total. The summed E-state index contributed by atoms with van der Waals surface area (Å²) < 4.78 is 6.82. The molecule has 104 valence electrons. The molecule has 0 saturated heterocycles. The number of nitrogens with two attached hydrogens (primary N) is 1. The largest absolute Gasteiger partial charge is 0.492 e. The number of hydrogen-bond donors (Lipinski definition) is 1. The van der Waals surface area contributed by atoms with Crippen LogP contribution in [0.3, 0.4) is 0 Å². The molecule has 5 heteroatoms. The predicted molar refractivity (Wildman–Crippen MR) is 85.6 cm³/mol. The molecule has 1 aliphatic carbocycles. The van der Waals surface area contributed by atoms with Crippen LogP contribution in [0.4, 0.5) is 0 Å². The summed E-state index contributed by atoms with van der Waals surface area (Å²) in [5, 5.41) is 0.